The van der Waals surface area contributed by atoms with Crippen LogP contribution in [-0.2, 0) is 4.79 Å². The molecule has 2 N–H and O–H groups in total. The fourth-order valence-electron chi connectivity index (χ4n) is 0.150. The molecule has 5 heteroatoms. The molecule has 0 aliphatic rings. The Bertz CT molecular complexity index is 110. The highest BCUT2D eigenvalue weighted by atomic mass is 19.1. The second kappa shape index (κ2) is 2.72. The monoisotopic (exact) mass is 140 g/mol. The van der Waals surface area contributed by atoms with Crippen LogP contribution in [0.1, 0.15) is 0 Å². The summed E-state index contributed by atoms with van der Waals surface area (Å²) in [6, 6.07) is 0. The van der Waals surface area contributed by atoms with Crippen molar-refractivity contribution in [3.8, 4) is 0 Å². The van der Waals surface area contributed by atoms with E-state index in [2.05, 4.69) is 0 Å². The number of carboxylic acids is 1. The Kier molecular flexibility index (Phi) is 2.51. The Labute approximate surface area is 49.9 Å². The molecule has 0 atom stereocenters. The number of rotatable bonds is 3. The summed E-state index contributed by atoms with van der Waals surface area (Å²) in [7, 11) is 0. The van der Waals surface area contributed by atoms with Crippen LogP contribution in [0.2, 0.25) is 0 Å². The highest BCUT2D eigenvalue weighted by Gasteiger charge is 2.36. The molecule has 0 saturated carbocycles. The Morgan fingerprint density at radius 1 is 1.44 bits per heavy atom. The van der Waals surface area contributed by atoms with Crippen LogP contribution in [0.25, 0.3) is 0 Å². The molecule has 0 fully saturated rings. The second-order valence-corrected chi connectivity index (χ2v) is 1.60. The van der Waals surface area contributed by atoms with Crippen molar-refractivity contribution >= 4 is 5.97 Å². The number of aliphatic carboxylic acids is 1. The van der Waals surface area contributed by atoms with Gasteiger partial charge in [-0.2, -0.15) is 0 Å². The minimum Gasteiger partial charge on any atom is -0.479 e. The lowest BCUT2D eigenvalue weighted by molar-refractivity contribution is -0.161. The predicted octanol–water partition coefficient (Wildman–Crippen LogP) is -0.259. The molecule has 0 heterocycles. The number of alkyl halides is 2. The molecule has 0 aromatic carbocycles. The smallest absolute Gasteiger partial charge is 0.341 e. The first-order chi connectivity index (χ1) is 4.06. The standard InChI is InChI=1S/C4H6F2O3/c5-1-4(9,2-6)3(7)8/h9H,1-2H2,(H,7,8). The summed E-state index contributed by atoms with van der Waals surface area (Å²) in [5, 5.41) is 16.3. The largest absolute Gasteiger partial charge is 0.479 e. The van der Waals surface area contributed by atoms with Gasteiger partial charge in [-0.05, 0) is 0 Å². The molecule has 0 amide bonds. The van der Waals surface area contributed by atoms with E-state index >= 15 is 0 Å². The lowest BCUT2D eigenvalue weighted by atomic mass is 10.1. The molecule has 54 valence electrons. The first kappa shape index (κ1) is 8.29. The molecule has 0 aromatic rings. The summed E-state index contributed by atoms with van der Waals surface area (Å²) in [6.07, 6.45) is 0. The van der Waals surface area contributed by atoms with Crippen molar-refractivity contribution in [2.75, 3.05) is 13.3 Å². The molecule has 0 spiro atoms. The number of carboxylic acid groups (broad SMARTS) is 1. The van der Waals surface area contributed by atoms with E-state index in [0.29, 0.717) is 0 Å². The lowest BCUT2D eigenvalue weighted by Gasteiger charge is -2.13. The van der Waals surface area contributed by atoms with E-state index in [4.69, 9.17) is 10.2 Å². The number of halogens is 2. The van der Waals surface area contributed by atoms with Gasteiger partial charge in [0.05, 0.1) is 0 Å². The first-order valence-electron chi connectivity index (χ1n) is 2.14. The second-order valence-electron chi connectivity index (χ2n) is 1.60. The summed E-state index contributed by atoms with van der Waals surface area (Å²) in [6.45, 7) is -3.22. The quantitative estimate of drug-likeness (QED) is 0.567. The summed E-state index contributed by atoms with van der Waals surface area (Å²) in [5.74, 6) is -1.88. The third-order valence-corrected chi connectivity index (χ3v) is 0.840. The first-order valence-corrected chi connectivity index (χ1v) is 2.14. The number of hydrogen-bond donors (Lipinski definition) is 2. The van der Waals surface area contributed by atoms with Crippen LogP contribution in [0.3, 0.4) is 0 Å². The Balaban J connectivity index is 4.09. The van der Waals surface area contributed by atoms with Crippen molar-refractivity contribution < 1.29 is 23.8 Å². The van der Waals surface area contributed by atoms with Gasteiger partial charge in [-0.15, -0.1) is 0 Å². The average molecular weight is 140 g/mol. The van der Waals surface area contributed by atoms with Crippen LogP contribution in [0.15, 0.2) is 0 Å². The molecular weight excluding hydrogens is 134 g/mol. The maximum absolute atomic E-state index is 11.4. The van der Waals surface area contributed by atoms with Crippen LogP contribution in [0.4, 0.5) is 8.78 Å². The van der Waals surface area contributed by atoms with Gasteiger partial charge in [0.15, 0.2) is 0 Å². The van der Waals surface area contributed by atoms with Gasteiger partial charge in [-0.3, -0.25) is 0 Å². The Morgan fingerprint density at radius 2 is 1.78 bits per heavy atom. The van der Waals surface area contributed by atoms with Crippen molar-refractivity contribution in [2.45, 2.75) is 5.60 Å². The molecule has 0 aliphatic carbocycles. The average Bonchev–Trinajstić information content (AvgIpc) is 1.86. The third-order valence-electron chi connectivity index (χ3n) is 0.840. The van der Waals surface area contributed by atoms with Crippen molar-refractivity contribution in [1.29, 1.82) is 0 Å². The van der Waals surface area contributed by atoms with Gasteiger partial charge in [-0.1, -0.05) is 0 Å². The number of hydrogen-bond acceptors (Lipinski definition) is 2. The van der Waals surface area contributed by atoms with Crippen molar-refractivity contribution in [3.05, 3.63) is 0 Å². The molecule has 0 saturated heterocycles. The molecule has 3 nitrogen and oxygen atoms in total. The van der Waals surface area contributed by atoms with Crippen LogP contribution in [-0.4, -0.2) is 35.1 Å². The van der Waals surface area contributed by atoms with Gasteiger partial charge in [0.1, 0.15) is 13.3 Å². The lowest BCUT2D eigenvalue weighted by Crippen LogP contribution is -2.43. The van der Waals surface area contributed by atoms with Crippen molar-refractivity contribution in [3.63, 3.8) is 0 Å². The van der Waals surface area contributed by atoms with E-state index in [1.54, 1.807) is 0 Å². The highest BCUT2D eigenvalue weighted by Crippen LogP contribution is 2.05. The third kappa shape index (κ3) is 1.60. The van der Waals surface area contributed by atoms with E-state index in [1.807, 2.05) is 0 Å². The van der Waals surface area contributed by atoms with Gasteiger partial charge in [0.2, 0.25) is 5.60 Å². The van der Waals surface area contributed by atoms with Crippen LogP contribution in [0.5, 0.6) is 0 Å². The summed E-state index contributed by atoms with van der Waals surface area (Å²) >= 11 is 0. The Morgan fingerprint density at radius 3 is 1.78 bits per heavy atom. The topological polar surface area (TPSA) is 57.5 Å². The van der Waals surface area contributed by atoms with Crippen molar-refractivity contribution in [1.82, 2.24) is 0 Å². The molecule has 9 heavy (non-hydrogen) atoms. The number of aliphatic hydroxyl groups is 1. The van der Waals surface area contributed by atoms with E-state index in [1.165, 1.54) is 0 Å². The zero-order valence-electron chi connectivity index (χ0n) is 4.47. The van der Waals surface area contributed by atoms with Crippen LogP contribution in [0, 0.1) is 0 Å². The van der Waals surface area contributed by atoms with E-state index in [-0.39, 0.29) is 0 Å². The van der Waals surface area contributed by atoms with Gasteiger partial charge >= 0.3 is 5.97 Å². The van der Waals surface area contributed by atoms with E-state index in [9.17, 15) is 13.6 Å². The number of carbonyl (C=O) groups is 1. The fraction of sp³-hybridized carbons (Fsp3) is 0.750. The predicted molar refractivity (Wildman–Crippen MR) is 24.5 cm³/mol. The molecule has 0 rings (SSSR count). The molecule has 0 radical (unpaired) electrons. The van der Waals surface area contributed by atoms with Crippen LogP contribution < -0.4 is 0 Å². The minimum absolute atomic E-state index is 1.61. The normalized spacial score (nSPS) is 11.4. The van der Waals surface area contributed by atoms with Crippen LogP contribution >= 0.6 is 0 Å². The maximum Gasteiger partial charge on any atom is 0.341 e. The zero-order chi connectivity index (χ0) is 7.49. The fourth-order valence-corrected chi connectivity index (χ4v) is 0.150. The SMILES string of the molecule is O=C(O)C(O)(CF)CF. The Hall–Kier alpha value is -0.710. The van der Waals surface area contributed by atoms with Gasteiger partial charge in [-0.25, -0.2) is 13.6 Å². The molecule has 0 unspecified atom stereocenters. The minimum atomic E-state index is -2.83. The van der Waals surface area contributed by atoms with Crippen molar-refractivity contribution in [2.24, 2.45) is 0 Å². The summed E-state index contributed by atoms with van der Waals surface area (Å²) in [4.78, 5) is 9.75. The molecule has 0 aliphatic heterocycles. The van der Waals surface area contributed by atoms with Gasteiger partial charge in [0, 0.05) is 0 Å². The highest BCUT2D eigenvalue weighted by molar-refractivity contribution is 5.77. The molecule has 0 bridgehead atoms. The van der Waals surface area contributed by atoms with Gasteiger partial charge in [0.25, 0.3) is 0 Å². The summed E-state index contributed by atoms with van der Waals surface area (Å²) in [5.41, 5.74) is -2.83. The van der Waals surface area contributed by atoms with E-state index < -0.39 is 24.9 Å². The summed E-state index contributed by atoms with van der Waals surface area (Å²) < 4.78 is 22.8. The van der Waals surface area contributed by atoms with E-state index in [0.717, 1.165) is 0 Å². The zero-order valence-corrected chi connectivity index (χ0v) is 4.47. The molecule has 0 aromatic heterocycles. The maximum atomic E-state index is 11.4. The molecular formula is C4H6F2O3. The van der Waals surface area contributed by atoms with Gasteiger partial charge < -0.3 is 10.2 Å².